The van der Waals surface area contributed by atoms with E-state index in [1.807, 2.05) is 0 Å². The monoisotopic (exact) mass is 1080 g/mol. The normalized spacial score (nSPS) is 12.8. The summed E-state index contributed by atoms with van der Waals surface area (Å²) in [7, 11) is 0. The molecular formula is C72H122O6. The van der Waals surface area contributed by atoms with Gasteiger partial charge in [-0.15, -0.1) is 0 Å². The van der Waals surface area contributed by atoms with Crippen LogP contribution < -0.4 is 0 Å². The maximum atomic E-state index is 12.9. The van der Waals surface area contributed by atoms with Crippen molar-refractivity contribution in [3.63, 3.8) is 0 Å². The van der Waals surface area contributed by atoms with Gasteiger partial charge in [0.25, 0.3) is 0 Å². The highest BCUT2D eigenvalue weighted by atomic mass is 16.6. The van der Waals surface area contributed by atoms with E-state index in [0.29, 0.717) is 19.3 Å². The van der Waals surface area contributed by atoms with Crippen LogP contribution in [0.1, 0.15) is 310 Å². The predicted molar refractivity (Wildman–Crippen MR) is 339 cm³/mol. The third kappa shape index (κ3) is 62.9. The number of esters is 3. The van der Waals surface area contributed by atoms with Crippen molar-refractivity contribution in [2.45, 2.75) is 316 Å². The minimum atomic E-state index is -0.789. The molecule has 6 heteroatoms. The first-order valence-corrected chi connectivity index (χ1v) is 32.9. The molecule has 0 bridgehead atoms. The topological polar surface area (TPSA) is 78.9 Å². The second-order valence-electron chi connectivity index (χ2n) is 21.6. The minimum Gasteiger partial charge on any atom is -0.462 e. The van der Waals surface area contributed by atoms with Crippen LogP contribution in [0.5, 0.6) is 0 Å². The van der Waals surface area contributed by atoms with Gasteiger partial charge in [0.1, 0.15) is 13.2 Å². The molecule has 0 heterocycles. The molecule has 0 saturated heterocycles. The van der Waals surface area contributed by atoms with Gasteiger partial charge in [0.15, 0.2) is 6.10 Å². The van der Waals surface area contributed by atoms with Gasteiger partial charge in [-0.05, 0) is 103 Å². The van der Waals surface area contributed by atoms with E-state index in [4.69, 9.17) is 14.2 Å². The van der Waals surface area contributed by atoms with Crippen LogP contribution in [-0.4, -0.2) is 37.2 Å². The molecule has 0 aromatic rings. The summed E-state index contributed by atoms with van der Waals surface area (Å²) in [6.45, 7) is 6.43. The third-order valence-corrected chi connectivity index (χ3v) is 14.0. The molecule has 0 rings (SSSR count). The fourth-order valence-corrected chi connectivity index (χ4v) is 9.17. The summed E-state index contributed by atoms with van der Waals surface area (Å²) in [4.78, 5) is 38.4. The quantitative estimate of drug-likeness (QED) is 0.0261. The van der Waals surface area contributed by atoms with Crippen molar-refractivity contribution in [2.75, 3.05) is 13.2 Å². The molecule has 0 aliphatic carbocycles. The van der Waals surface area contributed by atoms with Gasteiger partial charge in [-0.2, -0.15) is 0 Å². The summed E-state index contributed by atoms with van der Waals surface area (Å²) in [5, 5.41) is 0. The van der Waals surface area contributed by atoms with Crippen LogP contribution in [0.4, 0.5) is 0 Å². The standard InChI is InChI=1S/C72H122O6/c1-4-7-10-13-16-19-22-25-28-31-33-35-36-38-39-41-44-47-50-53-56-59-62-65-71(74)77-68-69(67-76-70(73)64-61-58-55-52-49-46-43-30-27-24-21-18-15-12-9-6-3)78-72(75)66-63-60-57-54-51-48-45-42-40-37-34-32-29-26-23-20-17-14-11-8-5-2/h7-8,10-11,16-17,19-20,25-26,28-29,33-35,37-39,69H,4-6,9,12-15,18,21-24,27,30-32,36,40-68H2,1-3H3/b10-7-,11-8-,19-16-,20-17-,28-25-,29-26-,35-33-,37-34-,39-38-. The molecule has 0 radical (unpaired) electrons. The van der Waals surface area contributed by atoms with E-state index < -0.39 is 6.10 Å². The van der Waals surface area contributed by atoms with E-state index in [1.165, 1.54) is 141 Å². The van der Waals surface area contributed by atoms with Gasteiger partial charge in [-0.1, -0.05) is 297 Å². The lowest BCUT2D eigenvalue weighted by molar-refractivity contribution is -0.167. The Labute approximate surface area is 482 Å². The lowest BCUT2D eigenvalue weighted by Crippen LogP contribution is -2.30. The van der Waals surface area contributed by atoms with Crippen LogP contribution in [-0.2, 0) is 28.6 Å². The first-order chi connectivity index (χ1) is 38.5. The maximum absolute atomic E-state index is 12.9. The van der Waals surface area contributed by atoms with E-state index in [-0.39, 0.29) is 31.1 Å². The number of rotatable bonds is 59. The molecular weight excluding hydrogens is 961 g/mol. The van der Waals surface area contributed by atoms with Crippen LogP contribution in [0.15, 0.2) is 109 Å². The van der Waals surface area contributed by atoms with E-state index in [0.717, 1.165) is 128 Å². The highest BCUT2D eigenvalue weighted by Crippen LogP contribution is 2.17. The number of hydrogen-bond donors (Lipinski definition) is 0. The fraction of sp³-hybridized carbons (Fsp3) is 0.708. The number of carbonyl (C=O) groups is 3. The van der Waals surface area contributed by atoms with Crippen molar-refractivity contribution in [3.8, 4) is 0 Å². The molecule has 6 nitrogen and oxygen atoms in total. The number of hydrogen-bond acceptors (Lipinski definition) is 6. The third-order valence-electron chi connectivity index (χ3n) is 14.0. The zero-order valence-electron chi connectivity index (χ0n) is 51.2. The molecule has 1 unspecified atom stereocenters. The lowest BCUT2D eigenvalue weighted by Gasteiger charge is -2.18. The van der Waals surface area contributed by atoms with Crippen LogP contribution in [0.3, 0.4) is 0 Å². The molecule has 1 atom stereocenters. The van der Waals surface area contributed by atoms with Crippen molar-refractivity contribution in [3.05, 3.63) is 109 Å². The largest absolute Gasteiger partial charge is 0.462 e. The number of carbonyl (C=O) groups excluding carboxylic acids is 3. The summed E-state index contributed by atoms with van der Waals surface area (Å²) in [5.41, 5.74) is 0. The molecule has 78 heavy (non-hydrogen) atoms. The van der Waals surface area contributed by atoms with Gasteiger partial charge >= 0.3 is 17.9 Å². The van der Waals surface area contributed by atoms with Crippen molar-refractivity contribution in [2.24, 2.45) is 0 Å². The van der Waals surface area contributed by atoms with Gasteiger partial charge in [0.05, 0.1) is 0 Å². The summed E-state index contributed by atoms with van der Waals surface area (Å²) in [6, 6.07) is 0. The Morgan fingerprint density at radius 1 is 0.269 bits per heavy atom. The smallest absolute Gasteiger partial charge is 0.306 e. The first kappa shape index (κ1) is 74.1. The Bertz CT molecular complexity index is 1570. The van der Waals surface area contributed by atoms with Crippen LogP contribution in [0.2, 0.25) is 0 Å². The summed E-state index contributed by atoms with van der Waals surface area (Å²) < 4.78 is 17.0. The Balaban J connectivity index is 4.41. The van der Waals surface area contributed by atoms with E-state index in [1.54, 1.807) is 0 Å². The van der Waals surface area contributed by atoms with Crippen LogP contribution in [0, 0.1) is 0 Å². The Morgan fingerprint density at radius 3 is 0.782 bits per heavy atom. The second-order valence-corrected chi connectivity index (χ2v) is 21.6. The Morgan fingerprint density at radius 2 is 0.500 bits per heavy atom. The fourth-order valence-electron chi connectivity index (χ4n) is 9.17. The molecule has 0 N–H and O–H groups in total. The van der Waals surface area contributed by atoms with Gasteiger partial charge < -0.3 is 14.2 Å². The molecule has 0 aromatic carbocycles. The number of ether oxygens (including phenoxy) is 3. The van der Waals surface area contributed by atoms with Gasteiger partial charge in [-0.3, -0.25) is 14.4 Å². The minimum absolute atomic E-state index is 0.0833. The van der Waals surface area contributed by atoms with Gasteiger partial charge in [0.2, 0.25) is 0 Å². The summed E-state index contributed by atoms with van der Waals surface area (Å²) in [6.07, 6.45) is 89.4. The lowest BCUT2D eigenvalue weighted by atomic mass is 10.0. The summed E-state index contributed by atoms with van der Waals surface area (Å²) >= 11 is 0. The molecule has 0 spiro atoms. The SMILES string of the molecule is CC/C=C\C/C=C\C/C=C\C/C=C\C/C=C\CCCCCCCCCC(=O)OCC(COC(=O)CCCCCCCCCCCCCCCCCC)OC(=O)CCCCCCCCCC/C=C\C/C=C\C/C=C\C/C=C\CC. The zero-order valence-corrected chi connectivity index (χ0v) is 51.2. The van der Waals surface area contributed by atoms with Crippen molar-refractivity contribution in [1.29, 1.82) is 0 Å². The molecule has 446 valence electrons. The van der Waals surface area contributed by atoms with Crippen LogP contribution in [0.25, 0.3) is 0 Å². The van der Waals surface area contributed by atoms with Gasteiger partial charge in [0, 0.05) is 19.3 Å². The van der Waals surface area contributed by atoms with Crippen molar-refractivity contribution in [1.82, 2.24) is 0 Å². The molecule has 0 fully saturated rings. The molecule has 0 aliphatic rings. The van der Waals surface area contributed by atoms with E-state index in [9.17, 15) is 14.4 Å². The molecule has 0 aromatic heterocycles. The van der Waals surface area contributed by atoms with Gasteiger partial charge in [-0.25, -0.2) is 0 Å². The van der Waals surface area contributed by atoms with Crippen molar-refractivity contribution >= 4 is 17.9 Å². The average molecular weight is 1080 g/mol. The Hall–Kier alpha value is -3.93. The zero-order chi connectivity index (χ0) is 56.4. The second kappa shape index (κ2) is 65.6. The summed E-state index contributed by atoms with van der Waals surface area (Å²) in [5.74, 6) is -0.891. The average Bonchev–Trinajstić information content (AvgIpc) is 3.44. The highest BCUT2D eigenvalue weighted by molar-refractivity contribution is 5.71. The number of allylic oxidation sites excluding steroid dienone is 18. The van der Waals surface area contributed by atoms with Crippen LogP contribution >= 0.6 is 0 Å². The highest BCUT2D eigenvalue weighted by Gasteiger charge is 2.19. The van der Waals surface area contributed by atoms with E-state index >= 15 is 0 Å². The predicted octanol–water partition coefficient (Wildman–Crippen LogP) is 22.6. The first-order valence-electron chi connectivity index (χ1n) is 32.9. The maximum Gasteiger partial charge on any atom is 0.306 e. The Kier molecular flexibility index (Phi) is 62.3. The van der Waals surface area contributed by atoms with Crippen molar-refractivity contribution < 1.29 is 28.6 Å². The van der Waals surface area contributed by atoms with E-state index in [2.05, 4.69) is 130 Å². The molecule has 0 amide bonds. The molecule has 0 saturated carbocycles. The number of unbranched alkanes of at least 4 members (excludes halogenated alkanes) is 30. The molecule has 0 aliphatic heterocycles.